The third-order valence-corrected chi connectivity index (χ3v) is 3.79. The Balaban J connectivity index is 2.44. The van der Waals surface area contributed by atoms with E-state index in [0.717, 1.165) is 37.8 Å². The van der Waals surface area contributed by atoms with Gasteiger partial charge in [-0.3, -0.25) is 4.90 Å². The van der Waals surface area contributed by atoms with Gasteiger partial charge in [-0.15, -0.1) is 0 Å². The van der Waals surface area contributed by atoms with E-state index in [1.165, 1.54) is 6.42 Å². The van der Waals surface area contributed by atoms with Gasteiger partial charge in [0.2, 0.25) is 0 Å². The van der Waals surface area contributed by atoms with Gasteiger partial charge < -0.3 is 5.11 Å². The zero-order valence-electron chi connectivity index (χ0n) is 10.7. The Hall–Kier alpha value is -0.0800. The molecule has 1 N–H and O–H groups in total. The van der Waals surface area contributed by atoms with Crippen LogP contribution in [0.4, 0.5) is 0 Å². The first-order valence-electron chi connectivity index (χ1n) is 6.46. The minimum atomic E-state index is -0.130. The largest absolute Gasteiger partial charge is 0.392 e. The highest BCUT2D eigenvalue weighted by Crippen LogP contribution is 2.27. The van der Waals surface area contributed by atoms with Crippen molar-refractivity contribution in [2.24, 2.45) is 11.8 Å². The number of aliphatic hydroxyl groups is 1. The maximum absolute atomic E-state index is 9.85. The predicted octanol–water partition coefficient (Wildman–Crippen LogP) is 2.51. The van der Waals surface area contributed by atoms with Crippen LogP contribution in [0.1, 0.15) is 47.0 Å². The topological polar surface area (TPSA) is 23.5 Å². The molecule has 0 radical (unpaired) electrons. The van der Waals surface area contributed by atoms with Crippen LogP contribution in [0.3, 0.4) is 0 Å². The van der Waals surface area contributed by atoms with Crippen molar-refractivity contribution < 1.29 is 5.11 Å². The molecule has 1 aliphatic heterocycles. The Morgan fingerprint density at radius 1 is 1.33 bits per heavy atom. The van der Waals surface area contributed by atoms with Crippen LogP contribution in [-0.4, -0.2) is 35.2 Å². The van der Waals surface area contributed by atoms with Crippen molar-refractivity contribution >= 4 is 0 Å². The molecule has 0 spiro atoms. The predicted molar refractivity (Wildman–Crippen MR) is 64.9 cm³/mol. The third-order valence-electron chi connectivity index (χ3n) is 3.79. The fourth-order valence-corrected chi connectivity index (χ4v) is 2.77. The molecule has 1 rings (SSSR count). The molecule has 0 amide bonds. The number of rotatable bonds is 4. The first-order chi connectivity index (χ1) is 7.04. The number of hydrogen-bond donors (Lipinski definition) is 1. The lowest BCUT2D eigenvalue weighted by Gasteiger charge is -2.42. The van der Waals surface area contributed by atoms with Crippen LogP contribution in [0.2, 0.25) is 0 Å². The van der Waals surface area contributed by atoms with Crippen molar-refractivity contribution in [1.29, 1.82) is 0 Å². The van der Waals surface area contributed by atoms with E-state index in [1.807, 2.05) is 0 Å². The summed E-state index contributed by atoms with van der Waals surface area (Å²) in [5.74, 6) is 1.55. The van der Waals surface area contributed by atoms with Gasteiger partial charge in [-0.05, 0) is 31.6 Å². The van der Waals surface area contributed by atoms with Crippen molar-refractivity contribution in [1.82, 2.24) is 4.90 Å². The number of nitrogens with zero attached hydrogens (tertiary/aromatic N) is 1. The van der Waals surface area contributed by atoms with Gasteiger partial charge in [0.1, 0.15) is 0 Å². The second-order valence-corrected chi connectivity index (χ2v) is 5.46. The molecule has 0 saturated carbocycles. The number of likely N-dealkylation sites (tertiary alicyclic amines) is 1. The lowest BCUT2D eigenvalue weighted by Crippen LogP contribution is -2.48. The summed E-state index contributed by atoms with van der Waals surface area (Å²) >= 11 is 0. The van der Waals surface area contributed by atoms with Crippen molar-refractivity contribution in [2.75, 3.05) is 13.1 Å². The standard InChI is InChI=1S/C13H27NO/c1-5-6-13(15)9-14-8-10(2)7-11(3)12(14)4/h10-13,15H,5-9H2,1-4H3. The van der Waals surface area contributed by atoms with Gasteiger partial charge in [0.25, 0.3) is 0 Å². The van der Waals surface area contributed by atoms with E-state index >= 15 is 0 Å². The molecule has 1 heterocycles. The molecule has 4 unspecified atom stereocenters. The zero-order chi connectivity index (χ0) is 11.4. The second kappa shape index (κ2) is 5.86. The number of aliphatic hydroxyl groups excluding tert-OH is 1. The average Bonchev–Trinajstić information content (AvgIpc) is 2.13. The van der Waals surface area contributed by atoms with E-state index in [1.54, 1.807) is 0 Å². The first kappa shape index (κ1) is 13.0. The van der Waals surface area contributed by atoms with Gasteiger partial charge >= 0.3 is 0 Å². The quantitative estimate of drug-likeness (QED) is 0.775. The molecule has 1 saturated heterocycles. The van der Waals surface area contributed by atoms with Crippen LogP contribution in [0.15, 0.2) is 0 Å². The van der Waals surface area contributed by atoms with Gasteiger partial charge in [0.05, 0.1) is 6.10 Å². The molecule has 0 bridgehead atoms. The zero-order valence-corrected chi connectivity index (χ0v) is 10.7. The summed E-state index contributed by atoms with van der Waals surface area (Å²) in [4.78, 5) is 2.47. The molecule has 0 aromatic carbocycles. The average molecular weight is 213 g/mol. The molecule has 1 fully saturated rings. The normalized spacial score (nSPS) is 35.4. The van der Waals surface area contributed by atoms with Crippen LogP contribution in [0.5, 0.6) is 0 Å². The molecular weight excluding hydrogens is 186 g/mol. The van der Waals surface area contributed by atoms with E-state index in [0.29, 0.717) is 6.04 Å². The van der Waals surface area contributed by atoms with Crippen molar-refractivity contribution in [3.05, 3.63) is 0 Å². The van der Waals surface area contributed by atoms with Crippen molar-refractivity contribution in [3.63, 3.8) is 0 Å². The minimum absolute atomic E-state index is 0.130. The molecule has 90 valence electrons. The summed E-state index contributed by atoms with van der Waals surface area (Å²) in [6.07, 6.45) is 3.22. The maximum atomic E-state index is 9.85. The summed E-state index contributed by atoms with van der Waals surface area (Å²) in [6.45, 7) is 11.1. The molecule has 15 heavy (non-hydrogen) atoms. The van der Waals surface area contributed by atoms with E-state index in [9.17, 15) is 5.11 Å². The van der Waals surface area contributed by atoms with Crippen LogP contribution in [0, 0.1) is 11.8 Å². The first-order valence-corrected chi connectivity index (χ1v) is 6.46. The smallest absolute Gasteiger partial charge is 0.0667 e. The fourth-order valence-electron chi connectivity index (χ4n) is 2.77. The highest BCUT2D eigenvalue weighted by Gasteiger charge is 2.29. The molecule has 2 heteroatoms. The van der Waals surface area contributed by atoms with Crippen LogP contribution in [-0.2, 0) is 0 Å². The Morgan fingerprint density at radius 3 is 2.60 bits per heavy atom. The summed E-state index contributed by atoms with van der Waals surface area (Å²) < 4.78 is 0. The highest BCUT2D eigenvalue weighted by molar-refractivity contribution is 4.83. The van der Waals surface area contributed by atoms with Crippen molar-refractivity contribution in [2.45, 2.75) is 59.1 Å². The van der Waals surface area contributed by atoms with E-state index in [4.69, 9.17) is 0 Å². The molecule has 2 nitrogen and oxygen atoms in total. The lowest BCUT2D eigenvalue weighted by molar-refractivity contribution is 0.0291. The Morgan fingerprint density at radius 2 is 2.00 bits per heavy atom. The Bertz CT molecular complexity index is 183. The molecule has 1 aliphatic rings. The number of piperidine rings is 1. The van der Waals surface area contributed by atoms with E-state index in [-0.39, 0.29) is 6.10 Å². The van der Waals surface area contributed by atoms with Gasteiger partial charge in [-0.25, -0.2) is 0 Å². The summed E-state index contributed by atoms with van der Waals surface area (Å²) in [5, 5.41) is 9.85. The van der Waals surface area contributed by atoms with Gasteiger partial charge in [-0.1, -0.05) is 27.2 Å². The molecular formula is C13H27NO. The monoisotopic (exact) mass is 213 g/mol. The minimum Gasteiger partial charge on any atom is -0.392 e. The van der Waals surface area contributed by atoms with Gasteiger partial charge in [0.15, 0.2) is 0 Å². The SMILES string of the molecule is CCCC(O)CN1CC(C)CC(C)C1C. The number of β-amino-alcohol motifs (C(OH)–C–C–N with tert-alkyl or cyclic N) is 1. The van der Waals surface area contributed by atoms with Gasteiger partial charge in [0, 0.05) is 19.1 Å². The van der Waals surface area contributed by atoms with Crippen molar-refractivity contribution in [3.8, 4) is 0 Å². The third kappa shape index (κ3) is 3.76. The van der Waals surface area contributed by atoms with Crippen LogP contribution in [0.25, 0.3) is 0 Å². The summed E-state index contributed by atoms with van der Waals surface area (Å²) in [5.41, 5.74) is 0. The fraction of sp³-hybridized carbons (Fsp3) is 1.00. The van der Waals surface area contributed by atoms with Crippen LogP contribution < -0.4 is 0 Å². The molecule has 0 aromatic rings. The number of hydrogen-bond acceptors (Lipinski definition) is 2. The molecule has 0 aliphatic carbocycles. The van der Waals surface area contributed by atoms with E-state index in [2.05, 4.69) is 32.6 Å². The van der Waals surface area contributed by atoms with Gasteiger partial charge in [-0.2, -0.15) is 0 Å². The Kier molecular flexibility index (Phi) is 5.07. The second-order valence-electron chi connectivity index (χ2n) is 5.46. The van der Waals surface area contributed by atoms with Crippen LogP contribution >= 0.6 is 0 Å². The molecule has 4 atom stereocenters. The van der Waals surface area contributed by atoms with E-state index < -0.39 is 0 Å². The molecule has 0 aromatic heterocycles. The lowest BCUT2D eigenvalue weighted by atomic mass is 9.86. The summed E-state index contributed by atoms with van der Waals surface area (Å²) in [6, 6.07) is 0.632. The maximum Gasteiger partial charge on any atom is 0.0667 e. The highest BCUT2D eigenvalue weighted by atomic mass is 16.3. The summed E-state index contributed by atoms with van der Waals surface area (Å²) in [7, 11) is 0. The Labute approximate surface area is 94.7 Å².